The minimum Gasteiger partial charge on any atom is -0.458 e. The van der Waals surface area contributed by atoms with Crippen molar-refractivity contribution >= 4 is 45.1 Å². The number of rotatable bonds is 9. The van der Waals surface area contributed by atoms with Crippen molar-refractivity contribution in [3.8, 4) is 0 Å². The van der Waals surface area contributed by atoms with Crippen molar-refractivity contribution in [3.63, 3.8) is 0 Å². The average molecular weight is 633 g/mol. The number of hydrogen-bond donors (Lipinski definition) is 3. The molecule has 0 bridgehead atoms. The molecule has 0 radical (unpaired) electrons. The average Bonchev–Trinajstić information content (AvgIpc) is 3.44. The van der Waals surface area contributed by atoms with E-state index < -0.39 is 39.1 Å². The van der Waals surface area contributed by atoms with Gasteiger partial charge in [-0.05, 0) is 88.2 Å². The van der Waals surface area contributed by atoms with E-state index >= 15 is 0 Å². The van der Waals surface area contributed by atoms with Crippen LogP contribution < -0.4 is 15.4 Å². The minimum atomic E-state index is -3.45. The molecule has 43 heavy (non-hydrogen) atoms. The number of carbonyl (C=O) groups excluding carboxylic acids is 3. The number of ether oxygens (including phenoxy) is 1. The van der Waals surface area contributed by atoms with Crippen molar-refractivity contribution in [2.75, 3.05) is 30.6 Å². The van der Waals surface area contributed by atoms with Gasteiger partial charge in [-0.1, -0.05) is 41.9 Å². The molecule has 2 atom stereocenters. The first kappa shape index (κ1) is 32.8. The van der Waals surface area contributed by atoms with Crippen molar-refractivity contribution in [1.29, 1.82) is 0 Å². The third-order valence-corrected chi connectivity index (χ3v) is 8.59. The zero-order chi connectivity index (χ0) is 31.4. The first-order valence-corrected chi connectivity index (χ1v) is 16.8. The maximum absolute atomic E-state index is 14.0. The Labute approximate surface area is 258 Å². The molecule has 0 aromatic heterocycles. The van der Waals surface area contributed by atoms with Crippen LogP contribution in [0.25, 0.3) is 0 Å². The molecule has 234 valence electrons. The van der Waals surface area contributed by atoms with Gasteiger partial charge in [0, 0.05) is 24.5 Å². The molecule has 0 aliphatic carbocycles. The van der Waals surface area contributed by atoms with Gasteiger partial charge in [0.1, 0.15) is 11.6 Å². The third kappa shape index (κ3) is 8.49. The lowest BCUT2D eigenvalue weighted by Crippen LogP contribution is -2.64. The molecule has 2 aliphatic rings. The molecule has 0 unspecified atom stereocenters. The second kappa shape index (κ2) is 13.2. The Morgan fingerprint density at radius 3 is 2.33 bits per heavy atom. The van der Waals surface area contributed by atoms with E-state index in [2.05, 4.69) is 15.4 Å². The van der Waals surface area contributed by atoms with Crippen molar-refractivity contribution in [2.24, 2.45) is 0 Å². The predicted molar refractivity (Wildman–Crippen MR) is 166 cm³/mol. The number of carbonyl (C=O) groups is 3. The van der Waals surface area contributed by atoms with E-state index in [1.807, 2.05) is 24.3 Å². The lowest BCUT2D eigenvalue weighted by atomic mass is 9.88. The van der Waals surface area contributed by atoms with Crippen molar-refractivity contribution in [2.45, 2.75) is 76.0 Å². The molecule has 2 fully saturated rings. The SMILES string of the molecule is CC(C)(C)OC(=O)[C@]1(C(=O)N[C@H](Cc2ccc(Cl)cc2)C(=O)N2CCC(c3ccccc3NS(C)(=O)=O)CC2)CCCN1. The van der Waals surface area contributed by atoms with E-state index in [0.29, 0.717) is 49.6 Å². The molecule has 3 N–H and O–H groups in total. The number of hydrogen-bond acceptors (Lipinski definition) is 7. The maximum Gasteiger partial charge on any atom is 0.336 e. The van der Waals surface area contributed by atoms with Gasteiger partial charge >= 0.3 is 5.97 Å². The monoisotopic (exact) mass is 632 g/mol. The Kier molecular flexibility index (Phi) is 10.1. The first-order chi connectivity index (χ1) is 20.2. The van der Waals surface area contributed by atoms with Gasteiger partial charge in [-0.15, -0.1) is 0 Å². The summed E-state index contributed by atoms with van der Waals surface area (Å²) >= 11 is 6.08. The Balaban J connectivity index is 1.52. The summed E-state index contributed by atoms with van der Waals surface area (Å²) in [6.45, 7) is 6.58. The van der Waals surface area contributed by atoms with E-state index in [-0.39, 0.29) is 24.7 Å². The van der Waals surface area contributed by atoms with Crippen LogP contribution in [0.5, 0.6) is 0 Å². The molecule has 2 aromatic rings. The van der Waals surface area contributed by atoms with Crippen LogP contribution in [-0.4, -0.2) is 74.2 Å². The summed E-state index contributed by atoms with van der Waals surface area (Å²) in [4.78, 5) is 42.8. The molecule has 2 amide bonds. The first-order valence-electron chi connectivity index (χ1n) is 14.6. The van der Waals surface area contributed by atoms with Crippen LogP contribution >= 0.6 is 11.6 Å². The number of likely N-dealkylation sites (tertiary alicyclic amines) is 1. The molecular weight excluding hydrogens is 592 g/mol. The van der Waals surface area contributed by atoms with Gasteiger partial charge in [0.05, 0.1) is 11.9 Å². The Hall–Kier alpha value is -3.15. The second-order valence-corrected chi connectivity index (χ2v) is 14.5. The lowest BCUT2D eigenvalue weighted by molar-refractivity contribution is -0.166. The number of piperidine rings is 1. The van der Waals surface area contributed by atoms with E-state index in [9.17, 15) is 22.8 Å². The largest absolute Gasteiger partial charge is 0.458 e. The van der Waals surface area contributed by atoms with E-state index in [0.717, 1.165) is 17.4 Å². The summed E-state index contributed by atoms with van der Waals surface area (Å²) in [6, 6.07) is 13.5. The molecular formula is C31H41ClN4O6S. The standard InChI is InChI=1S/C31H41ClN4O6S/c1-30(2,3)42-29(39)31(16-7-17-33-31)28(38)34-26(20-21-10-12-23(32)13-11-21)27(37)36-18-14-22(15-19-36)24-8-5-6-9-25(24)35-43(4,40)41/h5-6,8-13,22,26,33,35H,7,14-20H2,1-4H3,(H,34,38)/t26-,31-/m1/s1. The molecule has 0 saturated carbocycles. The minimum absolute atomic E-state index is 0.0527. The Morgan fingerprint density at radius 2 is 1.74 bits per heavy atom. The molecule has 12 heteroatoms. The number of nitrogens with one attached hydrogen (secondary N) is 3. The molecule has 10 nitrogen and oxygen atoms in total. The normalized spacial score (nSPS) is 20.3. The Bertz CT molecular complexity index is 1430. The summed E-state index contributed by atoms with van der Waals surface area (Å²) in [5.41, 5.74) is -0.122. The molecule has 0 spiro atoms. The van der Waals surface area contributed by atoms with Gasteiger partial charge in [0.2, 0.25) is 15.9 Å². The Morgan fingerprint density at radius 1 is 1.09 bits per heavy atom. The quantitative estimate of drug-likeness (QED) is 0.284. The highest BCUT2D eigenvalue weighted by molar-refractivity contribution is 7.92. The number of esters is 1. The number of para-hydroxylation sites is 1. The van der Waals surface area contributed by atoms with E-state index in [1.165, 1.54) is 0 Å². The number of sulfonamides is 1. The van der Waals surface area contributed by atoms with Gasteiger partial charge in [0.15, 0.2) is 5.54 Å². The third-order valence-electron chi connectivity index (χ3n) is 7.75. The van der Waals surface area contributed by atoms with E-state index in [4.69, 9.17) is 16.3 Å². The van der Waals surface area contributed by atoms with Crippen LogP contribution in [0.4, 0.5) is 5.69 Å². The van der Waals surface area contributed by atoms with Gasteiger partial charge in [0.25, 0.3) is 5.91 Å². The lowest BCUT2D eigenvalue weighted by Gasteiger charge is -2.36. The number of anilines is 1. The van der Waals surface area contributed by atoms with Gasteiger partial charge < -0.3 is 15.0 Å². The predicted octanol–water partition coefficient (Wildman–Crippen LogP) is 3.61. The molecule has 2 aliphatic heterocycles. The van der Waals surface area contributed by atoms with Gasteiger partial charge in [-0.25, -0.2) is 13.2 Å². The summed E-state index contributed by atoms with van der Waals surface area (Å²) in [7, 11) is -3.45. The molecule has 2 heterocycles. The number of halogens is 1. The van der Waals surface area contributed by atoms with Crippen molar-refractivity contribution in [1.82, 2.24) is 15.5 Å². The summed E-state index contributed by atoms with van der Waals surface area (Å²) in [5.74, 6) is -1.43. The fraction of sp³-hybridized carbons (Fsp3) is 0.516. The zero-order valence-electron chi connectivity index (χ0n) is 25.1. The van der Waals surface area contributed by atoms with E-state index in [1.54, 1.807) is 49.9 Å². The van der Waals surface area contributed by atoms with Crippen LogP contribution in [-0.2, 0) is 35.6 Å². The molecule has 4 rings (SSSR count). The van der Waals surface area contributed by atoms with Crippen LogP contribution in [0.2, 0.25) is 5.02 Å². The smallest absolute Gasteiger partial charge is 0.336 e. The highest BCUT2D eigenvalue weighted by Crippen LogP contribution is 2.34. The molecule has 2 aromatic carbocycles. The van der Waals surface area contributed by atoms with Crippen molar-refractivity contribution in [3.05, 3.63) is 64.7 Å². The zero-order valence-corrected chi connectivity index (χ0v) is 26.7. The summed E-state index contributed by atoms with van der Waals surface area (Å²) in [6.07, 6.45) is 3.47. The number of amides is 2. The topological polar surface area (TPSA) is 134 Å². The second-order valence-electron chi connectivity index (χ2n) is 12.4. The van der Waals surface area contributed by atoms with Crippen LogP contribution in [0, 0.1) is 0 Å². The van der Waals surface area contributed by atoms with Gasteiger partial charge in [-0.2, -0.15) is 0 Å². The van der Waals surface area contributed by atoms with Gasteiger partial charge in [-0.3, -0.25) is 19.6 Å². The van der Waals surface area contributed by atoms with Crippen molar-refractivity contribution < 1.29 is 27.5 Å². The summed E-state index contributed by atoms with van der Waals surface area (Å²) in [5, 5.41) is 6.51. The maximum atomic E-state index is 14.0. The van der Waals surface area contributed by atoms with Crippen LogP contribution in [0.1, 0.15) is 63.5 Å². The number of benzene rings is 2. The highest BCUT2D eigenvalue weighted by atomic mass is 35.5. The molecule has 2 saturated heterocycles. The fourth-order valence-electron chi connectivity index (χ4n) is 5.68. The van der Waals surface area contributed by atoms with Crippen LogP contribution in [0.3, 0.4) is 0 Å². The summed E-state index contributed by atoms with van der Waals surface area (Å²) < 4.78 is 32.0. The number of nitrogens with zero attached hydrogens (tertiary/aromatic N) is 1. The highest BCUT2D eigenvalue weighted by Gasteiger charge is 2.51. The van der Waals surface area contributed by atoms with Crippen LogP contribution in [0.15, 0.2) is 48.5 Å². The fourth-order valence-corrected chi connectivity index (χ4v) is 6.40.